The lowest BCUT2D eigenvalue weighted by molar-refractivity contribution is -0.123. The molecule has 2 fully saturated rings. The van der Waals surface area contributed by atoms with Crippen LogP contribution in [-0.2, 0) is 9.59 Å². The Kier molecular flexibility index (Phi) is 6.58. The van der Waals surface area contributed by atoms with Crippen LogP contribution in [0.15, 0.2) is 28.0 Å². The Balaban J connectivity index is 1.81. The summed E-state index contributed by atoms with van der Waals surface area (Å²) >= 11 is 6.63. The fourth-order valence-electron chi connectivity index (χ4n) is 4.20. The molecule has 2 amide bonds. The lowest BCUT2D eigenvalue weighted by Crippen LogP contribution is -2.40. The Morgan fingerprint density at radius 3 is 2.67 bits per heavy atom. The molecule has 0 spiro atoms. The molecule has 2 aliphatic heterocycles. The first-order valence-electron chi connectivity index (χ1n) is 11.0. The Labute approximate surface area is 201 Å². The Hall–Kier alpha value is -2.72. The van der Waals surface area contributed by atoms with Gasteiger partial charge in [-0.3, -0.25) is 23.7 Å². The van der Waals surface area contributed by atoms with Crippen molar-refractivity contribution in [2.24, 2.45) is 17.6 Å². The van der Waals surface area contributed by atoms with Gasteiger partial charge in [-0.05, 0) is 43.4 Å². The number of nitrogens with two attached hydrogens (primary N) is 1. The topological polar surface area (TPSA) is 101 Å². The van der Waals surface area contributed by atoms with Gasteiger partial charge in [-0.2, -0.15) is 0 Å². The predicted octanol–water partition coefficient (Wildman–Crippen LogP) is 2.56. The van der Waals surface area contributed by atoms with Crippen LogP contribution in [0.2, 0.25) is 0 Å². The lowest BCUT2D eigenvalue weighted by atomic mass is 9.96. The summed E-state index contributed by atoms with van der Waals surface area (Å²) in [6.45, 7) is 7.59. The molecular formula is C23H27N5O3S2. The Bertz CT molecular complexity index is 1230. The molecule has 0 aliphatic carbocycles. The standard InChI is InChI=1S/C23H27N5O3S2/c1-13(2)12-28-22(31)17(33-23(28)32)11-16-20(26-9-6-15(7-10-26)18(24)29)25-19-14(3)5-4-8-27(19)21(16)30/h4-5,8,11,13,15H,6-7,9-10,12H2,1-3H3,(H2,24,29)/b17-11-. The third-order valence-corrected chi connectivity index (χ3v) is 7.34. The SMILES string of the molecule is Cc1cccn2c(=O)c(/C=C3\SC(=S)N(CC(C)C)C3=O)c(N3CCC(C(N)=O)CC3)nc12. The van der Waals surface area contributed by atoms with Gasteiger partial charge in [0.2, 0.25) is 5.91 Å². The van der Waals surface area contributed by atoms with Crippen molar-refractivity contribution in [3.8, 4) is 0 Å². The maximum absolute atomic E-state index is 13.6. The van der Waals surface area contributed by atoms with Crippen molar-refractivity contribution in [2.75, 3.05) is 24.5 Å². The van der Waals surface area contributed by atoms with E-state index in [1.807, 2.05) is 31.7 Å². The summed E-state index contributed by atoms with van der Waals surface area (Å²) in [6.07, 6.45) is 4.50. The van der Waals surface area contributed by atoms with Crippen LogP contribution in [0.25, 0.3) is 11.7 Å². The van der Waals surface area contributed by atoms with Gasteiger partial charge in [0.1, 0.15) is 15.8 Å². The number of hydrogen-bond acceptors (Lipinski definition) is 7. The summed E-state index contributed by atoms with van der Waals surface area (Å²) in [4.78, 5) is 47.1. The molecule has 8 nitrogen and oxygen atoms in total. The van der Waals surface area contributed by atoms with Crippen molar-refractivity contribution in [2.45, 2.75) is 33.6 Å². The number of thioether (sulfide) groups is 1. The van der Waals surface area contributed by atoms with Crippen molar-refractivity contribution >= 4 is 57.7 Å². The molecule has 2 saturated heterocycles. The zero-order valence-electron chi connectivity index (χ0n) is 18.9. The van der Waals surface area contributed by atoms with E-state index in [1.54, 1.807) is 23.2 Å². The average molecular weight is 486 g/mol. The first-order chi connectivity index (χ1) is 15.7. The maximum Gasteiger partial charge on any atom is 0.267 e. The number of primary amides is 1. The van der Waals surface area contributed by atoms with E-state index in [0.29, 0.717) is 58.7 Å². The first-order valence-corrected chi connectivity index (χ1v) is 12.2. The molecular weight excluding hydrogens is 458 g/mol. The molecule has 10 heteroatoms. The lowest BCUT2D eigenvalue weighted by Gasteiger charge is -2.32. The van der Waals surface area contributed by atoms with E-state index in [2.05, 4.69) is 0 Å². The number of anilines is 1. The number of aryl methyl sites for hydroxylation is 1. The third-order valence-electron chi connectivity index (χ3n) is 5.96. The molecule has 2 aromatic rings. The van der Waals surface area contributed by atoms with Crippen molar-refractivity contribution < 1.29 is 9.59 Å². The van der Waals surface area contributed by atoms with Crippen LogP contribution in [0.1, 0.15) is 37.8 Å². The minimum absolute atomic E-state index is 0.180. The van der Waals surface area contributed by atoms with Crippen molar-refractivity contribution in [3.05, 3.63) is 44.7 Å². The number of amides is 2. The van der Waals surface area contributed by atoms with E-state index in [4.69, 9.17) is 22.9 Å². The molecule has 0 bridgehead atoms. The highest BCUT2D eigenvalue weighted by atomic mass is 32.2. The van der Waals surface area contributed by atoms with E-state index in [9.17, 15) is 14.4 Å². The number of piperidine rings is 1. The first kappa shape index (κ1) is 23.4. The smallest absolute Gasteiger partial charge is 0.267 e. The number of rotatable bonds is 5. The van der Waals surface area contributed by atoms with E-state index in [-0.39, 0.29) is 29.2 Å². The second kappa shape index (κ2) is 9.26. The van der Waals surface area contributed by atoms with Gasteiger partial charge in [0, 0.05) is 31.7 Å². The van der Waals surface area contributed by atoms with E-state index >= 15 is 0 Å². The molecule has 0 saturated carbocycles. The van der Waals surface area contributed by atoms with Gasteiger partial charge in [-0.25, -0.2) is 4.98 Å². The number of aromatic nitrogens is 2. The molecule has 0 unspecified atom stereocenters. The fourth-order valence-corrected chi connectivity index (χ4v) is 5.45. The number of thiocarbonyl (C=S) groups is 1. The van der Waals surface area contributed by atoms with Gasteiger partial charge in [0.15, 0.2) is 0 Å². The number of fused-ring (bicyclic) bond motifs is 1. The molecule has 0 radical (unpaired) electrons. The molecule has 4 rings (SSSR count). The molecule has 174 valence electrons. The van der Waals surface area contributed by atoms with Crippen LogP contribution < -0.4 is 16.2 Å². The minimum atomic E-state index is -0.300. The van der Waals surface area contributed by atoms with E-state index < -0.39 is 0 Å². The zero-order chi connectivity index (χ0) is 23.9. The predicted molar refractivity (Wildman–Crippen MR) is 135 cm³/mol. The fraction of sp³-hybridized carbons (Fsp3) is 0.435. The minimum Gasteiger partial charge on any atom is -0.369 e. The third kappa shape index (κ3) is 4.54. The van der Waals surface area contributed by atoms with Crippen LogP contribution in [0, 0.1) is 18.8 Å². The molecule has 2 N–H and O–H groups in total. The molecule has 2 aliphatic rings. The van der Waals surface area contributed by atoms with Gasteiger partial charge in [-0.1, -0.05) is 43.9 Å². The van der Waals surface area contributed by atoms with Gasteiger partial charge in [0.25, 0.3) is 11.5 Å². The number of carbonyl (C=O) groups excluding carboxylic acids is 2. The van der Waals surface area contributed by atoms with Gasteiger partial charge in [0.05, 0.1) is 10.5 Å². The van der Waals surface area contributed by atoms with Crippen molar-refractivity contribution in [3.63, 3.8) is 0 Å². The maximum atomic E-state index is 13.6. The second-order valence-electron chi connectivity index (χ2n) is 8.89. The number of hydrogen-bond donors (Lipinski definition) is 1. The Morgan fingerprint density at radius 2 is 2.03 bits per heavy atom. The molecule has 2 aromatic heterocycles. The van der Waals surface area contributed by atoms with Crippen LogP contribution in [0.3, 0.4) is 0 Å². The monoisotopic (exact) mass is 485 g/mol. The van der Waals surface area contributed by atoms with E-state index in [1.165, 1.54) is 16.2 Å². The van der Waals surface area contributed by atoms with Crippen molar-refractivity contribution in [1.29, 1.82) is 0 Å². The molecule has 0 aromatic carbocycles. The summed E-state index contributed by atoms with van der Waals surface area (Å²) in [7, 11) is 0. The second-order valence-corrected chi connectivity index (χ2v) is 10.6. The molecule has 33 heavy (non-hydrogen) atoms. The number of pyridine rings is 1. The highest BCUT2D eigenvalue weighted by molar-refractivity contribution is 8.26. The molecule has 4 heterocycles. The zero-order valence-corrected chi connectivity index (χ0v) is 20.5. The van der Waals surface area contributed by atoms with E-state index in [0.717, 1.165) is 5.56 Å². The summed E-state index contributed by atoms with van der Waals surface area (Å²) in [5.41, 5.74) is 7.03. The Morgan fingerprint density at radius 1 is 1.33 bits per heavy atom. The summed E-state index contributed by atoms with van der Waals surface area (Å²) in [5.74, 6) is 0.119. The summed E-state index contributed by atoms with van der Waals surface area (Å²) in [6, 6.07) is 3.71. The van der Waals surface area contributed by atoms with Crippen LogP contribution >= 0.6 is 24.0 Å². The highest BCUT2D eigenvalue weighted by Gasteiger charge is 2.33. The summed E-state index contributed by atoms with van der Waals surface area (Å²) < 4.78 is 2.00. The van der Waals surface area contributed by atoms with Crippen LogP contribution in [0.5, 0.6) is 0 Å². The van der Waals surface area contributed by atoms with Gasteiger partial charge in [-0.15, -0.1) is 0 Å². The van der Waals surface area contributed by atoms with Gasteiger partial charge >= 0.3 is 0 Å². The molecule has 0 atom stereocenters. The largest absolute Gasteiger partial charge is 0.369 e. The van der Waals surface area contributed by atoms with Crippen molar-refractivity contribution in [1.82, 2.24) is 14.3 Å². The quantitative estimate of drug-likeness (QED) is 0.513. The summed E-state index contributed by atoms with van der Waals surface area (Å²) in [5, 5.41) is 0. The van der Waals surface area contributed by atoms with Gasteiger partial charge < -0.3 is 10.6 Å². The van der Waals surface area contributed by atoms with Crippen LogP contribution in [-0.4, -0.2) is 50.1 Å². The average Bonchev–Trinajstić information content (AvgIpc) is 3.03. The number of carbonyl (C=O) groups is 2. The number of nitrogens with zero attached hydrogens (tertiary/aromatic N) is 4. The van der Waals surface area contributed by atoms with Crippen LogP contribution in [0.4, 0.5) is 5.82 Å². The normalized spacial score (nSPS) is 18.8. The highest BCUT2D eigenvalue weighted by Crippen LogP contribution is 2.34.